The average molecular weight is 405 g/mol. The summed E-state index contributed by atoms with van der Waals surface area (Å²) in [5.41, 5.74) is 3.69. The minimum Gasteiger partial charge on any atom is -0.386 e. The highest BCUT2D eigenvalue weighted by Crippen LogP contribution is 2.27. The van der Waals surface area contributed by atoms with E-state index in [0.29, 0.717) is 10.3 Å². The van der Waals surface area contributed by atoms with Crippen LogP contribution in [-0.2, 0) is 6.42 Å². The number of aromatic amines is 1. The molecule has 4 N–H and O–H groups in total. The summed E-state index contributed by atoms with van der Waals surface area (Å²) in [7, 11) is 0. The van der Waals surface area contributed by atoms with Crippen molar-refractivity contribution in [1.82, 2.24) is 15.6 Å². The highest BCUT2D eigenvalue weighted by atomic mass is 35.5. The van der Waals surface area contributed by atoms with Gasteiger partial charge in [-0.05, 0) is 44.0 Å². The number of aliphatic imine (C=N–C) groups is 1. The summed E-state index contributed by atoms with van der Waals surface area (Å²) in [5, 5.41) is 18.1. The fraction of sp³-hybridized carbons (Fsp3) is 0.350. The standard InChI is InChI=1S/C20H25ClN4OS/c1-3-22-20(24-12-17(26)18-8-9-19(21)27-18)23-11-10-14-13(2)25-16-7-5-4-6-15(14)16/h4-9,17,25-26H,3,10-12H2,1-2H3,(H2,22,23,24). The number of aliphatic hydroxyl groups excluding tert-OH is 1. The molecule has 0 radical (unpaired) electrons. The minimum atomic E-state index is -0.645. The number of rotatable bonds is 7. The van der Waals surface area contributed by atoms with Gasteiger partial charge in [-0.2, -0.15) is 0 Å². The zero-order valence-electron chi connectivity index (χ0n) is 15.6. The van der Waals surface area contributed by atoms with Crippen LogP contribution in [0.15, 0.2) is 41.4 Å². The fourth-order valence-electron chi connectivity index (χ4n) is 3.08. The van der Waals surface area contributed by atoms with Gasteiger partial charge in [-0.25, -0.2) is 0 Å². The van der Waals surface area contributed by atoms with Crippen molar-refractivity contribution in [3.63, 3.8) is 0 Å². The molecule has 5 nitrogen and oxygen atoms in total. The van der Waals surface area contributed by atoms with Crippen LogP contribution in [0.1, 0.15) is 29.2 Å². The van der Waals surface area contributed by atoms with Crippen molar-refractivity contribution < 1.29 is 5.11 Å². The Morgan fingerprint density at radius 3 is 2.81 bits per heavy atom. The van der Waals surface area contributed by atoms with Crippen LogP contribution in [-0.4, -0.2) is 35.7 Å². The van der Waals surface area contributed by atoms with E-state index in [4.69, 9.17) is 11.6 Å². The van der Waals surface area contributed by atoms with Crippen LogP contribution in [0.3, 0.4) is 0 Å². The van der Waals surface area contributed by atoms with Gasteiger partial charge < -0.3 is 20.7 Å². The van der Waals surface area contributed by atoms with Crippen molar-refractivity contribution >= 4 is 39.8 Å². The Labute approximate surface area is 168 Å². The lowest BCUT2D eigenvalue weighted by Gasteiger charge is -2.13. The molecule has 27 heavy (non-hydrogen) atoms. The number of para-hydroxylation sites is 1. The Morgan fingerprint density at radius 2 is 2.07 bits per heavy atom. The first-order chi connectivity index (χ1) is 13.1. The maximum absolute atomic E-state index is 10.3. The molecule has 0 amide bonds. The molecule has 0 saturated carbocycles. The summed E-state index contributed by atoms with van der Waals surface area (Å²) in [6.07, 6.45) is 0.248. The molecular weight excluding hydrogens is 380 g/mol. The molecule has 0 aliphatic rings. The van der Waals surface area contributed by atoms with Gasteiger partial charge in [0.25, 0.3) is 0 Å². The van der Waals surface area contributed by atoms with Crippen LogP contribution >= 0.6 is 22.9 Å². The second-order valence-electron chi connectivity index (χ2n) is 6.33. The molecule has 0 saturated heterocycles. The lowest BCUT2D eigenvalue weighted by molar-refractivity contribution is 0.191. The maximum Gasteiger partial charge on any atom is 0.191 e. The van der Waals surface area contributed by atoms with Crippen LogP contribution < -0.4 is 10.6 Å². The molecule has 2 aromatic heterocycles. The Morgan fingerprint density at radius 1 is 1.26 bits per heavy atom. The number of halogens is 1. The molecule has 0 fully saturated rings. The normalized spacial score (nSPS) is 13.1. The lowest BCUT2D eigenvalue weighted by atomic mass is 10.1. The number of hydrogen-bond acceptors (Lipinski definition) is 3. The first kappa shape index (κ1) is 19.7. The van der Waals surface area contributed by atoms with Gasteiger partial charge >= 0.3 is 0 Å². The van der Waals surface area contributed by atoms with Crippen LogP contribution in [0.5, 0.6) is 0 Å². The van der Waals surface area contributed by atoms with Crippen LogP contribution in [0.2, 0.25) is 4.34 Å². The lowest BCUT2D eigenvalue weighted by Crippen LogP contribution is -2.38. The fourth-order valence-corrected chi connectivity index (χ4v) is 4.12. The van der Waals surface area contributed by atoms with E-state index in [2.05, 4.69) is 45.7 Å². The number of H-pyrrole nitrogens is 1. The van der Waals surface area contributed by atoms with E-state index >= 15 is 0 Å². The summed E-state index contributed by atoms with van der Waals surface area (Å²) >= 11 is 7.31. The predicted molar refractivity (Wildman–Crippen MR) is 115 cm³/mol. The number of aryl methyl sites for hydroxylation is 1. The van der Waals surface area contributed by atoms with E-state index < -0.39 is 6.10 Å². The number of nitrogens with one attached hydrogen (secondary N) is 3. The number of hydrogen-bond donors (Lipinski definition) is 4. The molecule has 1 unspecified atom stereocenters. The topological polar surface area (TPSA) is 72.4 Å². The first-order valence-corrected chi connectivity index (χ1v) is 10.3. The molecule has 144 valence electrons. The number of aromatic nitrogens is 1. The second-order valence-corrected chi connectivity index (χ2v) is 8.07. The van der Waals surface area contributed by atoms with Crippen LogP contribution in [0.4, 0.5) is 0 Å². The van der Waals surface area contributed by atoms with E-state index in [1.165, 1.54) is 33.5 Å². The van der Waals surface area contributed by atoms with E-state index in [1.807, 2.05) is 19.1 Å². The number of aliphatic hydroxyl groups is 1. The third kappa shape index (κ3) is 5.03. The van der Waals surface area contributed by atoms with Gasteiger partial charge in [-0.3, -0.25) is 4.99 Å². The van der Waals surface area contributed by atoms with Crippen molar-refractivity contribution in [3.8, 4) is 0 Å². The van der Waals surface area contributed by atoms with Gasteiger partial charge in [0, 0.05) is 34.6 Å². The van der Waals surface area contributed by atoms with E-state index in [-0.39, 0.29) is 6.54 Å². The number of nitrogens with zero attached hydrogens (tertiary/aromatic N) is 1. The van der Waals surface area contributed by atoms with Crippen molar-refractivity contribution in [3.05, 3.63) is 56.9 Å². The highest BCUT2D eigenvalue weighted by molar-refractivity contribution is 7.16. The maximum atomic E-state index is 10.3. The van der Waals surface area contributed by atoms with Crippen molar-refractivity contribution in [2.24, 2.45) is 4.99 Å². The molecule has 0 aliphatic heterocycles. The van der Waals surface area contributed by atoms with Gasteiger partial charge in [0.1, 0.15) is 6.10 Å². The van der Waals surface area contributed by atoms with E-state index in [1.54, 1.807) is 6.07 Å². The third-order valence-corrected chi connectivity index (χ3v) is 5.72. The van der Waals surface area contributed by atoms with Crippen molar-refractivity contribution in [2.75, 3.05) is 19.6 Å². The zero-order valence-corrected chi connectivity index (χ0v) is 17.1. The Kier molecular flexibility index (Phi) is 6.77. The molecule has 7 heteroatoms. The molecule has 3 aromatic rings. The molecule has 0 spiro atoms. The van der Waals surface area contributed by atoms with E-state index in [0.717, 1.165) is 24.4 Å². The van der Waals surface area contributed by atoms with Gasteiger partial charge in [0.15, 0.2) is 5.96 Å². The zero-order chi connectivity index (χ0) is 19.2. The molecule has 1 aromatic carbocycles. The van der Waals surface area contributed by atoms with E-state index in [9.17, 15) is 5.11 Å². The Balaban J connectivity index is 1.60. The SMILES string of the molecule is CCNC(=NCC(O)c1ccc(Cl)s1)NCCc1c(C)[nH]c2ccccc12. The summed E-state index contributed by atoms with van der Waals surface area (Å²) < 4.78 is 0.673. The quantitative estimate of drug-likeness (QED) is 0.355. The summed E-state index contributed by atoms with van der Waals surface area (Å²) in [6, 6.07) is 12.0. The smallest absolute Gasteiger partial charge is 0.191 e. The molecule has 1 atom stereocenters. The number of benzene rings is 1. The third-order valence-electron chi connectivity index (χ3n) is 4.38. The van der Waals surface area contributed by atoms with Gasteiger partial charge in [-0.15, -0.1) is 11.3 Å². The second kappa shape index (κ2) is 9.26. The molecule has 3 rings (SSSR count). The molecule has 2 heterocycles. The minimum absolute atomic E-state index is 0.290. The van der Waals surface area contributed by atoms with Crippen LogP contribution in [0.25, 0.3) is 10.9 Å². The monoisotopic (exact) mass is 404 g/mol. The summed E-state index contributed by atoms with van der Waals surface area (Å²) in [6.45, 7) is 5.94. The summed E-state index contributed by atoms with van der Waals surface area (Å²) in [4.78, 5) is 8.76. The van der Waals surface area contributed by atoms with Crippen molar-refractivity contribution in [1.29, 1.82) is 0 Å². The number of guanidine groups is 1. The summed E-state index contributed by atoms with van der Waals surface area (Å²) in [5.74, 6) is 0.705. The first-order valence-electron chi connectivity index (χ1n) is 9.10. The van der Waals surface area contributed by atoms with Crippen molar-refractivity contribution in [2.45, 2.75) is 26.4 Å². The molecule has 0 bridgehead atoms. The highest BCUT2D eigenvalue weighted by Gasteiger charge is 2.11. The van der Waals surface area contributed by atoms with Gasteiger partial charge in [0.2, 0.25) is 0 Å². The van der Waals surface area contributed by atoms with Gasteiger partial charge in [0.05, 0.1) is 10.9 Å². The largest absolute Gasteiger partial charge is 0.386 e. The van der Waals surface area contributed by atoms with Gasteiger partial charge in [-0.1, -0.05) is 29.8 Å². The predicted octanol–water partition coefficient (Wildman–Crippen LogP) is 4.02. The number of thiophene rings is 1. The number of fused-ring (bicyclic) bond motifs is 1. The Hall–Kier alpha value is -2.02. The van der Waals surface area contributed by atoms with Crippen LogP contribution in [0, 0.1) is 6.92 Å². The Bertz CT molecular complexity index is 918. The average Bonchev–Trinajstić information content (AvgIpc) is 3.23. The molecular formula is C20H25ClN4OS. The molecule has 0 aliphatic carbocycles.